The normalized spacial score (nSPS) is 20.0. The maximum atomic E-state index is 13.0. The van der Waals surface area contributed by atoms with E-state index in [1.807, 2.05) is 30.0 Å². The Kier molecular flexibility index (Phi) is 6.37. The molecule has 1 spiro atoms. The molecule has 2 fully saturated rings. The van der Waals surface area contributed by atoms with E-state index in [0.717, 1.165) is 62.4 Å². The number of aromatic nitrogens is 2. The number of benzene rings is 2. The third kappa shape index (κ3) is 4.54. The second-order valence-electron chi connectivity index (χ2n) is 11.1. The van der Waals surface area contributed by atoms with Gasteiger partial charge in [0, 0.05) is 43.5 Å². The van der Waals surface area contributed by atoms with Gasteiger partial charge in [-0.2, -0.15) is 5.26 Å². The number of rotatable bonds is 5. The molecule has 1 amide bonds. The molecule has 2 aliphatic heterocycles. The van der Waals surface area contributed by atoms with Crippen LogP contribution < -0.4 is 4.74 Å². The summed E-state index contributed by atoms with van der Waals surface area (Å²) < 4.78 is 5.21. The number of hydrogen-bond donors (Lipinski definition) is 0. The number of nitriles is 1. The van der Waals surface area contributed by atoms with Gasteiger partial charge in [0.05, 0.1) is 30.9 Å². The molecule has 194 valence electrons. The Bertz CT molecular complexity index is 1410. The van der Waals surface area contributed by atoms with Crippen LogP contribution >= 0.6 is 0 Å². The van der Waals surface area contributed by atoms with Crippen LogP contribution in [-0.4, -0.2) is 59.0 Å². The zero-order chi connectivity index (χ0) is 26.3. The first-order valence-corrected chi connectivity index (χ1v) is 13.5. The van der Waals surface area contributed by atoms with Crippen LogP contribution in [0.4, 0.5) is 0 Å². The molecule has 0 N–H and O–H groups in total. The minimum atomic E-state index is 0.108. The van der Waals surface area contributed by atoms with Gasteiger partial charge in [-0.1, -0.05) is 18.2 Å². The zero-order valence-electron chi connectivity index (χ0n) is 22.1. The lowest BCUT2D eigenvalue weighted by Gasteiger charge is -2.56. The average molecular weight is 508 g/mol. The molecule has 7 nitrogen and oxygen atoms in total. The Balaban J connectivity index is 1.05. The predicted octanol–water partition coefficient (Wildman–Crippen LogP) is 4.49. The highest BCUT2D eigenvalue weighted by atomic mass is 16.5. The third-order valence-corrected chi connectivity index (χ3v) is 8.76. The third-order valence-electron chi connectivity index (χ3n) is 8.76. The Morgan fingerprint density at radius 2 is 1.95 bits per heavy atom. The smallest absolute Gasteiger partial charge is 0.227 e. The number of piperidine rings is 1. The van der Waals surface area contributed by atoms with Crippen molar-refractivity contribution in [1.82, 2.24) is 19.8 Å². The van der Waals surface area contributed by atoms with Gasteiger partial charge in [0.1, 0.15) is 12.1 Å². The van der Waals surface area contributed by atoms with Gasteiger partial charge in [-0.25, -0.2) is 9.97 Å². The Hall–Kier alpha value is -3.76. The van der Waals surface area contributed by atoms with Crippen LogP contribution in [-0.2, 0) is 17.6 Å². The second-order valence-corrected chi connectivity index (χ2v) is 11.1. The molecule has 6 rings (SSSR count). The van der Waals surface area contributed by atoms with Crippen molar-refractivity contribution in [2.45, 2.75) is 45.1 Å². The fourth-order valence-electron chi connectivity index (χ4n) is 6.54. The molecule has 1 atom stereocenters. The summed E-state index contributed by atoms with van der Waals surface area (Å²) in [5.41, 5.74) is 7.67. The summed E-state index contributed by atoms with van der Waals surface area (Å²) in [6.07, 6.45) is 6.29. The first kappa shape index (κ1) is 24.6. The van der Waals surface area contributed by atoms with E-state index in [1.54, 1.807) is 19.5 Å². The van der Waals surface area contributed by atoms with Crippen LogP contribution in [0, 0.1) is 23.7 Å². The SMILES string of the molecule is COc1ccc(CC(=O)N2CCC3(CC2)CN([C@@H]2CCc4cc(-c5cc(C)ncn5)ccc42)C3)c(C#N)c1. The zero-order valence-corrected chi connectivity index (χ0v) is 22.1. The number of nitrogens with zero attached hydrogens (tertiary/aromatic N) is 5. The van der Waals surface area contributed by atoms with Crippen molar-refractivity contribution in [2.24, 2.45) is 5.41 Å². The van der Waals surface area contributed by atoms with Gasteiger partial charge >= 0.3 is 0 Å². The van der Waals surface area contributed by atoms with Crippen molar-refractivity contribution < 1.29 is 9.53 Å². The van der Waals surface area contributed by atoms with Crippen LogP contribution in [0.2, 0.25) is 0 Å². The summed E-state index contributed by atoms with van der Waals surface area (Å²) in [5, 5.41) is 9.48. The monoisotopic (exact) mass is 507 g/mol. The van der Waals surface area contributed by atoms with Gasteiger partial charge in [0.15, 0.2) is 0 Å². The molecule has 0 bridgehead atoms. The largest absolute Gasteiger partial charge is 0.497 e. The number of fused-ring (bicyclic) bond motifs is 1. The summed E-state index contributed by atoms with van der Waals surface area (Å²) in [4.78, 5) is 26.4. The number of carbonyl (C=O) groups is 1. The van der Waals surface area contributed by atoms with E-state index >= 15 is 0 Å². The van der Waals surface area contributed by atoms with Gasteiger partial charge in [-0.3, -0.25) is 9.69 Å². The van der Waals surface area contributed by atoms with E-state index in [0.29, 0.717) is 22.8 Å². The van der Waals surface area contributed by atoms with E-state index in [9.17, 15) is 10.1 Å². The van der Waals surface area contributed by atoms with Crippen LogP contribution in [0.3, 0.4) is 0 Å². The first-order valence-electron chi connectivity index (χ1n) is 13.5. The number of amides is 1. The summed E-state index contributed by atoms with van der Waals surface area (Å²) in [6, 6.07) is 16.9. The highest BCUT2D eigenvalue weighted by Crippen LogP contribution is 2.48. The molecule has 38 heavy (non-hydrogen) atoms. The number of likely N-dealkylation sites (tertiary alicyclic amines) is 2. The number of methoxy groups -OCH3 is 1. The highest BCUT2D eigenvalue weighted by Gasteiger charge is 2.48. The van der Waals surface area contributed by atoms with Crippen LogP contribution in [0.25, 0.3) is 11.3 Å². The molecule has 1 aliphatic carbocycles. The van der Waals surface area contributed by atoms with Crippen molar-refractivity contribution in [2.75, 3.05) is 33.3 Å². The molecule has 0 saturated carbocycles. The van der Waals surface area contributed by atoms with E-state index in [1.165, 1.54) is 23.1 Å². The molecule has 0 unspecified atom stereocenters. The average Bonchev–Trinajstić information content (AvgIpc) is 3.35. The number of hydrogen-bond acceptors (Lipinski definition) is 6. The van der Waals surface area contributed by atoms with Crippen molar-refractivity contribution in [3.63, 3.8) is 0 Å². The second kappa shape index (κ2) is 9.85. The summed E-state index contributed by atoms with van der Waals surface area (Å²) in [6.45, 7) is 5.83. The molecule has 7 heteroatoms. The van der Waals surface area contributed by atoms with Gasteiger partial charge in [-0.05, 0) is 79.0 Å². The molecule has 2 aromatic carbocycles. The Morgan fingerprint density at radius 1 is 1.13 bits per heavy atom. The highest BCUT2D eigenvalue weighted by molar-refractivity contribution is 5.79. The lowest BCUT2D eigenvalue weighted by Crippen LogP contribution is -2.61. The van der Waals surface area contributed by atoms with E-state index in [-0.39, 0.29) is 12.3 Å². The van der Waals surface area contributed by atoms with Crippen LogP contribution in [0.1, 0.15) is 53.3 Å². The number of carbonyl (C=O) groups excluding carboxylic acids is 1. The van der Waals surface area contributed by atoms with Gasteiger partial charge in [0.2, 0.25) is 5.91 Å². The molecule has 0 radical (unpaired) electrons. The first-order chi connectivity index (χ1) is 18.5. The van der Waals surface area contributed by atoms with Gasteiger partial charge < -0.3 is 9.64 Å². The predicted molar refractivity (Wildman–Crippen MR) is 144 cm³/mol. The van der Waals surface area contributed by atoms with E-state index < -0.39 is 0 Å². The fraction of sp³-hybridized carbons (Fsp3) is 0.419. The summed E-state index contributed by atoms with van der Waals surface area (Å²) in [7, 11) is 1.58. The molecule has 3 aromatic rings. The van der Waals surface area contributed by atoms with Crippen molar-refractivity contribution in [1.29, 1.82) is 5.26 Å². The Morgan fingerprint density at radius 3 is 2.68 bits per heavy atom. The lowest BCUT2D eigenvalue weighted by molar-refractivity contribution is -0.136. The molecule has 1 aromatic heterocycles. The lowest BCUT2D eigenvalue weighted by atomic mass is 9.71. The minimum Gasteiger partial charge on any atom is -0.497 e. The Labute approximate surface area is 224 Å². The van der Waals surface area contributed by atoms with Gasteiger partial charge in [0.25, 0.3) is 0 Å². The standard InChI is InChI=1S/C31H33N5O2/c1-21-13-28(34-20-33-21)24-4-7-27-23(14-24)5-8-29(27)36-18-31(19-36)9-11-35(12-10-31)30(37)16-22-3-6-26(38-2)15-25(22)17-32/h3-4,6-7,13-15,20,29H,5,8-12,16,18-19H2,1-2H3/t29-/m1/s1. The molecule has 3 aliphatic rings. The summed E-state index contributed by atoms with van der Waals surface area (Å²) in [5.74, 6) is 0.746. The van der Waals surface area contributed by atoms with E-state index in [2.05, 4.69) is 39.1 Å². The topological polar surface area (TPSA) is 82.3 Å². The molecular weight excluding hydrogens is 474 g/mol. The number of ether oxygens (including phenoxy) is 1. The number of aryl methyl sites for hydroxylation is 2. The maximum absolute atomic E-state index is 13.0. The van der Waals surface area contributed by atoms with Crippen molar-refractivity contribution >= 4 is 5.91 Å². The van der Waals surface area contributed by atoms with Gasteiger partial charge in [-0.15, -0.1) is 0 Å². The molecule has 3 heterocycles. The van der Waals surface area contributed by atoms with Crippen LogP contribution in [0.15, 0.2) is 48.8 Å². The van der Waals surface area contributed by atoms with Crippen molar-refractivity contribution in [3.8, 4) is 23.1 Å². The quantitative estimate of drug-likeness (QED) is 0.506. The molecule has 2 saturated heterocycles. The maximum Gasteiger partial charge on any atom is 0.227 e. The fourth-order valence-corrected chi connectivity index (χ4v) is 6.54. The minimum absolute atomic E-state index is 0.108. The van der Waals surface area contributed by atoms with E-state index in [4.69, 9.17) is 4.74 Å². The molecular formula is C31H33N5O2. The van der Waals surface area contributed by atoms with Crippen LogP contribution in [0.5, 0.6) is 5.75 Å². The van der Waals surface area contributed by atoms with Crippen molar-refractivity contribution in [3.05, 3.63) is 76.7 Å². The summed E-state index contributed by atoms with van der Waals surface area (Å²) >= 11 is 0.